The number of para-hydroxylation sites is 1. The number of benzene rings is 1. The molecular weight excluding hydrogens is 409 g/mol. The SMILES string of the molecule is C=CC=N/C(=C\CC)c1cc(C(C)=O)n2ccc(SP(C)Nc3ccccc3)cc12. The molecule has 1 aromatic carbocycles. The van der Waals surface area contributed by atoms with Gasteiger partial charge < -0.3 is 9.49 Å². The first-order valence-corrected chi connectivity index (χ1v) is 13.0. The van der Waals surface area contributed by atoms with Gasteiger partial charge in [0, 0.05) is 35.5 Å². The number of Topliss-reactive ketones (excluding diaryl/α,β-unsaturated/α-hetero) is 1. The van der Waals surface area contributed by atoms with E-state index in [1.165, 1.54) is 0 Å². The van der Waals surface area contributed by atoms with Gasteiger partial charge in [0.2, 0.25) is 0 Å². The van der Waals surface area contributed by atoms with Crippen LogP contribution in [0.15, 0.2) is 83.3 Å². The first-order chi connectivity index (χ1) is 14.5. The topological polar surface area (TPSA) is 45.9 Å². The summed E-state index contributed by atoms with van der Waals surface area (Å²) in [6, 6.07) is 16.4. The van der Waals surface area contributed by atoms with Gasteiger partial charge in [0.15, 0.2) is 5.78 Å². The van der Waals surface area contributed by atoms with Gasteiger partial charge in [-0.15, -0.1) is 0 Å². The first kappa shape index (κ1) is 22.1. The highest BCUT2D eigenvalue weighted by molar-refractivity contribution is 8.56. The lowest BCUT2D eigenvalue weighted by Gasteiger charge is -2.15. The Morgan fingerprint density at radius 2 is 2.03 bits per heavy atom. The molecule has 30 heavy (non-hydrogen) atoms. The number of carbonyl (C=O) groups excluding carboxylic acids is 1. The Kier molecular flexibility index (Phi) is 7.67. The molecule has 3 aromatic rings. The zero-order valence-corrected chi connectivity index (χ0v) is 19.2. The molecular formula is C24H26N3OPS. The Balaban J connectivity index is 1.98. The van der Waals surface area contributed by atoms with E-state index in [0.29, 0.717) is 5.69 Å². The van der Waals surface area contributed by atoms with Gasteiger partial charge in [0.1, 0.15) is 0 Å². The van der Waals surface area contributed by atoms with Crippen molar-refractivity contribution in [1.29, 1.82) is 0 Å². The molecule has 0 aliphatic rings. The fourth-order valence-corrected chi connectivity index (χ4v) is 6.05. The van der Waals surface area contributed by atoms with Crippen LogP contribution in [0.5, 0.6) is 0 Å². The molecule has 154 valence electrons. The summed E-state index contributed by atoms with van der Waals surface area (Å²) < 4.78 is 1.96. The Hall–Kier alpha value is -2.62. The normalized spacial score (nSPS) is 13.0. The highest BCUT2D eigenvalue weighted by Crippen LogP contribution is 2.50. The highest BCUT2D eigenvalue weighted by atomic mass is 32.7. The van der Waals surface area contributed by atoms with Crippen molar-refractivity contribution >= 4 is 47.6 Å². The van der Waals surface area contributed by atoms with Crippen LogP contribution in [0.4, 0.5) is 5.69 Å². The number of fused-ring (bicyclic) bond motifs is 1. The number of rotatable bonds is 9. The molecule has 1 unspecified atom stereocenters. The van der Waals surface area contributed by atoms with E-state index in [2.05, 4.69) is 60.6 Å². The fraction of sp³-hybridized carbons (Fsp3) is 0.167. The number of allylic oxidation sites excluding steroid dienone is 2. The first-order valence-electron chi connectivity index (χ1n) is 9.78. The molecule has 1 N–H and O–H groups in total. The lowest BCUT2D eigenvalue weighted by atomic mass is 10.1. The van der Waals surface area contributed by atoms with E-state index in [-0.39, 0.29) is 5.78 Å². The number of aliphatic imine (C=N–C) groups is 1. The second-order valence-corrected chi connectivity index (χ2v) is 10.8. The number of anilines is 1. The van der Waals surface area contributed by atoms with E-state index in [0.717, 1.165) is 33.8 Å². The summed E-state index contributed by atoms with van der Waals surface area (Å²) in [5.74, 6) is 0.0312. The van der Waals surface area contributed by atoms with Crippen molar-refractivity contribution in [3.63, 3.8) is 0 Å². The molecule has 0 aliphatic carbocycles. The van der Waals surface area contributed by atoms with Gasteiger partial charge in [-0.1, -0.05) is 55.2 Å². The van der Waals surface area contributed by atoms with Gasteiger partial charge in [0.05, 0.1) is 24.2 Å². The molecule has 3 rings (SSSR count). The molecule has 2 aromatic heterocycles. The number of nitrogens with one attached hydrogen (secondary N) is 1. The predicted molar refractivity (Wildman–Crippen MR) is 133 cm³/mol. The second-order valence-electron chi connectivity index (χ2n) is 6.70. The van der Waals surface area contributed by atoms with Crippen molar-refractivity contribution in [1.82, 2.24) is 4.40 Å². The average Bonchev–Trinajstić information content (AvgIpc) is 3.11. The molecule has 6 heteroatoms. The summed E-state index contributed by atoms with van der Waals surface area (Å²) in [7, 11) is -0.502. The highest BCUT2D eigenvalue weighted by Gasteiger charge is 2.16. The molecule has 0 radical (unpaired) electrons. The van der Waals surface area contributed by atoms with E-state index >= 15 is 0 Å². The molecule has 1 atom stereocenters. The van der Waals surface area contributed by atoms with E-state index in [1.54, 1.807) is 30.6 Å². The van der Waals surface area contributed by atoms with Crippen LogP contribution in [0.3, 0.4) is 0 Å². The van der Waals surface area contributed by atoms with Crippen molar-refractivity contribution < 1.29 is 4.79 Å². The maximum Gasteiger partial charge on any atom is 0.176 e. The van der Waals surface area contributed by atoms with Gasteiger partial charge in [-0.25, -0.2) is 0 Å². The third-order valence-corrected chi connectivity index (χ3v) is 7.44. The quantitative estimate of drug-likeness (QED) is 0.218. The Bertz CT molecular complexity index is 1100. The predicted octanol–water partition coefficient (Wildman–Crippen LogP) is 7.30. The zero-order valence-electron chi connectivity index (χ0n) is 17.5. The van der Waals surface area contributed by atoms with Crippen molar-refractivity contribution in [3.05, 3.63) is 84.7 Å². The van der Waals surface area contributed by atoms with E-state index in [1.807, 2.05) is 34.9 Å². The second kappa shape index (κ2) is 10.4. The standard InChI is InChI=1S/C24H26N3OPS/c1-5-10-22(25-14-6-2)21-17-23(18(3)28)27-15-13-20(16-24(21)27)30-29(4)26-19-11-8-7-9-12-19/h6-17,26H,2,5H2,1,3-4H3/b22-10-,25-14?. The largest absolute Gasteiger partial charge is 0.356 e. The number of hydrogen-bond acceptors (Lipinski definition) is 4. The summed E-state index contributed by atoms with van der Waals surface area (Å²) in [6.45, 7) is 9.60. The molecule has 0 spiro atoms. The van der Waals surface area contributed by atoms with Crippen LogP contribution in [0.2, 0.25) is 0 Å². The molecule has 0 fully saturated rings. The number of pyridine rings is 1. The minimum Gasteiger partial charge on any atom is -0.356 e. The molecule has 0 amide bonds. The van der Waals surface area contributed by atoms with Crippen molar-refractivity contribution in [2.75, 3.05) is 11.8 Å². The van der Waals surface area contributed by atoms with Crippen LogP contribution >= 0.6 is 18.7 Å². The van der Waals surface area contributed by atoms with Gasteiger partial charge in [-0.3, -0.25) is 9.79 Å². The number of ketones is 1. The van der Waals surface area contributed by atoms with Gasteiger partial charge >= 0.3 is 0 Å². The number of hydrogen-bond donors (Lipinski definition) is 1. The summed E-state index contributed by atoms with van der Waals surface area (Å²) in [4.78, 5) is 17.9. The van der Waals surface area contributed by atoms with Crippen LogP contribution in [-0.2, 0) is 0 Å². The summed E-state index contributed by atoms with van der Waals surface area (Å²) in [5.41, 5.74) is 4.57. The van der Waals surface area contributed by atoms with Gasteiger partial charge in [0.25, 0.3) is 0 Å². The van der Waals surface area contributed by atoms with Crippen LogP contribution in [0, 0.1) is 0 Å². The third-order valence-electron chi connectivity index (χ3n) is 4.40. The van der Waals surface area contributed by atoms with Crippen LogP contribution in [-0.4, -0.2) is 23.1 Å². The third kappa shape index (κ3) is 5.29. The minimum absolute atomic E-state index is 0.0312. The number of carbonyl (C=O) groups is 1. The maximum absolute atomic E-state index is 12.2. The van der Waals surface area contributed by atoms with E-state index in [4.69, 9.17) is 0 Å². The van der Waals surface area contributed by atoms with Crippen molar-refractivity contribution in [2.45, 2.75) is 25.2 Å². The van der Waals surface area contributed by atoms with E-state index < -0.39 is 7.27 Å². The molecule has 2 heterocycles. The van der Waals surface area contributed by atoms with Gasteiger partial charge in [-0.05, 0) is 43.4 Å². The lowest BCUT2D eigenvalue weighted by molar-refractivity contribution is 0.101. The maximum atomic E-state index is 12.2. The molecule has 4 nitrogen and oxygen atoms in total. The Morgan fingerprint density at radius 1 is 1.27 bits per heavy atom. The lowest BCUT2D eigenvalue weighted by Crippen LogP contribution is -1.97. The molecule has 0 aliphatic heterocycles. The average molecular weight is 436 g/mol. The smallest absolute Gasteiger partial charge is 0.176 e. The van der Waals surface area contributed by atoms with Crippen LogP contribution in [0.25, 0.3) is 11.2 Å². The van der Waals surface area contributed by atoms with Gasteiger partial charge in [-0.2, -0.15) is 0 Å². The number of nitrogens with zero attached hydrogens (tertiary/aromatic N) is 2. The fourth-order valence-electron chi connectivity index (χ4n) is 3.15. The van der Waals surface area contributed by atoms with E-state index in [9.17, 15) is 4.79 Å². The summed E-state index contributed by atoms with van der Waals surface area (Å²) >= 11 is 1.80. The van der Waals surface area contributed by atoms with Crippen LogP contribution < -0.4 is 5.09 Å². The molecule has 0 saturated carbocycles. The van der Waals surface area contributed by atoms with Crippen molar-refractivity contribution in [3.8, 4) is 0 Å². The molecule has 0 bridgehead atoms. The van der Waals surface area contributed by atoms with Crippen LogP contribution in [0.1, 0.15) is 36.3 Å². The zero-order chi connectivity index (χ0) is 21.5. The summed E-state index contributed by atoms with van der Waals surface area (Å²) in [6.07, 6.45) is 8.25. The summed E-state index contributed by atoms with van der Waals surface area (Å²) in [5, 5.41) is 3.57. The Morgan fingerprint density at radius 3 is 2.70 bits per heavy atom. The van der Waals surface area contributed by atoms with Crippen molar-refractivity contribution in [2.24, 2.45) is 4.99 Å². The minimum atomic E-state index is -0.502. The number of aromatic nitrogens is 1. The Labute approximate surface area is 183 Å². The molecule has 0 saturated heterocycles. The monoisotopic (exact) mass is 435 g/mol.